The minimum atomic E-state index is -4.13. The summed E-state index contributed by atoms with van der Waals surface area (Å²) in [4.78, 5) is 29.1. The van der Waals surface area contributed by atoms with E-state index in [2.05, 4.69) is 5.32 Å². The van der Waals surface area contributed by atoms with Crippen molar-refractivity contribution in [3.63, 3.8) is 0 Å². The van der Waals surface area contributed by atoms with Gasteiger partial charge in [0.2, 0.25) is 11.8 Å². The molecule has 3 aromatic rings. The van der Waals surface area contributed by atoms with Crippen molar-refractivity contribution in [1.29, 1.82) is 0 Å². The molecule has 42 heavy (non-hydrogen) atoms. The van der Waals surface area contributed by atoms with Gasteiger partial charge in [0.15, 0.2) is 0 Å². The first-order valence-electron chi connectivity index (χ1n) is 14.6. The molecule has 0 radical (unpaired) electrons. The molecule has 1 atom stereocenters. The molecule has 224 valence electrons. The SMILES string of the molecule is CC[C@H](C(=O)NC1CCCC1)N(Cc1ccc(F)cc1)C(=O)CN(c1ccc(C(C)C)cc1)S(=O)(=O)c1ccccc1. The molecule has 0 bridgehead atoms. The van der Waals surface area contributed by atoms with Crippen molar-refractivity contribution in [2.75, 3.05) is 10.8 Å². The summed E-state index contributed by atoms with van der Waals surface area (Å²) >= 11 is 0. The van der Waals surface area contributed by atoms with Crippen LogP contribution in [0, 0.1) is 5.82 Å². The van der Waals surface area contributed by atoms with Crippen LogP contribution < -0.4 is 9.62 Å². The van der Waals surface area contributed by atoms with Crippen molar-refractivity contribution in [3.05, 3.63) is 95.8 Å². The number of nitrogens with one attached hydrogen (secondary N) is 1. The van der Waals surface area contributed by atoms with E-state index in [4.69, 9.17) is 0 Å². The molecule has 0 saturated heterocycles. The topological polar surface area (TPSA) is 86.8 Å². The highest BCUT2D eigenvalue weighted by molar-refractivity contribution is 7.92. The second-order valence-corrected chi connectivity index (χ2v) is 13.0. The summed E-state index contributed by atoms with van der Waals surface area (Å²) in [6, 6.07) is 20.1. The van der Waals surface area contributed by atoms with E-state index < -0.39 is 34.3 Å². The maximum Gasteiger partial charge on any atom is 0.264 e. The fourth-order valence-electron chi connectivity index (χ4n) is 5.35. The van der Waals surface area contributed by atoms with Crippen LogP contribution in [0.2, 0.25) is 0 Å². The van der Waals surface area contributed by atoms with Gasteiger partial charge in [-0.15, -0.1) is 0 Å². The van der Waals surface area contributed by atoms with Crippen LogP contribution in [0.1, 0.15) is 69.9 Å². The van der Waals surface area contributed by atoms with Crippen molar-refractivity contribution in [3.8, 4) is 0 Å². The van der Waals surface area contributed by atoms with E-state index in [1.165, 1.54) is 29.2 Å². The van der Waals surface area contributed by atoms with Gasteiger partial charge in [-0.3, -0.25) is 13.9 Å². The predicted octanol–water partition coefficient (Wildman–Crippen LogP) is 6.01. The number of carbonyl (C=O) groups is 2. The number of hydrogen-bond acceptors (Lipinski definition) is 4. The molecule has 0 heterocycles. The Balaban J connectivity index is 1.71. The van der Waals surface area contributed by atoms with Crippen LogP contribution in [0.5, 0.6) is 0 Å². The second kappa shape index (κ2) is 14.0. The number of nitrogens with zero attached hydrogens (tertiary/aromatic N) is 2. The molecule has 1 saturated carbocycles. The van der Waals surface area contributed by atoms with Crippen LogP contribution in [0.15, 0.2) is 83.8 Å². The van der Waals surface area contributed by atoms with Gasteiger partial charge in [-0.05, 0) is 72.7 Å². The summed E-state index contributed by atoms with van der Waals surface area (Å²) in [6.45, 7) is 5.44. The summed E-state index contributed by atoms with van der Waals surface area (Å²) < 4.78 is 42.7. The quantitative estimate of drug-likeness (QED) is 0.279. The van der Waals surface area contributed by atoms with Crippen molar-refractivity contribution >= 4 is 27.5 Å². The van der Waals surface area contributed by atoms with E-state index in [1.807, 2.05) is 32.9 Å². The number of halogens is 1. The number of hydrogen-bond donors (Lipinski definition) is 1. The molecule has 1 N–H and O–H groups in total. The molecule has 1 aliphatic carbocycles. The molecule has 2 amide bonds. The average Bonchev–Trinajstić information content (AvgIpc) is 3.50. The zero-order valence-corrected chi connectivity index (χ0v) is 25.3. The van der Waals surface area contributed by atoms with Gasteiger partial charge in [-0.2, -0.15) is 0 Å². The lowest BCUT2D eigenvalue weighted by atomic mass is 10.0. The highest BCUT2D eigenvalue weighted by Gasteiger charge is 2.34. The Morgan fingerprint density at radius 2 is 1.55 bits per heavy atom. The molecule has 7 nitrogen and oxygen atoms in total. The van der Waals surface area contributed by atoms with Crippen molar-refractivity contribution < 1.29 is 22.4 Å². The predicted molar refractivity (Wildman–Crippen MR) is 163 cm³/mol. The summed E-state index contributed by atoms with van der Waals surface area (Å²) in [7, 11) is -4.13. The number of anilines is 1. The van der Waals surface area contributed by atoms with Crippen LogP contribution >= 0.6 is 0 Å². The standard InChI is InChI=1S/C33H40FN3O4S/c1-4-31(33(39)35-28-10-8-9-11-28)36(22-25-14-18-27(34)19-15-25)32(38)23-37(29-20-16-26(17-21-29)24(2)3)42(40,41)30-12-6-5-7-13-30/h5-7,12-21,24,28,31H,4,8-11,22-23H2,1-3H3,(H,35,39)/t31-/m1/s1. The van der Waals surface area contributed by atoms with Gasteiger partial charge in [0.1, 0.15) is 18.4 Å². The van der Waals surface area contributed by atoms with Crippen LogP contribution in [-0.4, -0.2) is 43.8 Å². The maximum atomic E-state index is 14.2. The Hall–Kier alpha value is -3.72. The summed E-state index contributed by atoms with van der Waals surface area (Å²) in [6.07, 6.45) is 4.21. The Morgan fingerprint density at radius 1 is 0.929 bits per heavy atom. The van der Waals surface area contributed by atoms with E-state index in [1.54, 1.807) is 42.5 Å². The first-order valence-corrected chi connectivity index (χ1v) is 16.1. The highest BCUT2D eigenvalue weighted by Crippen LogP contribution is 2.27. The minimum Gasteiger partial charge on any atom is -0.352 e. The molecule has 0 aromatic heterocycles. The highest BCUT2D eigenvalue weighted by atomic mass is 32.2. The molecule has 0 unspecified atom stereocenters. The number of rotatable bonds is 12. The number of amides is 2. The Bertz CT molecular complexity index is 1440. The summed E-state index contributed by atoms with van der Waals surface area (Å²) in [5, 5.41) is 3.09. The van der Waals surface area contributed by atoms with E-state index in [-0.39, 0.29) is 29.3 Å². The van der Waals surface area contributed by atoms with E-state index in [0.29, 0.717) is 17.7 Å². The lowest BCUT2D eigenvalue weighted by molar-refractivity contribution is -0.140. The summed E-state index contributed by atoms with van der Waals surface area (Å²) in [5.41, 5.74) is 2.02. The van der Waals surface area contributed by atoms with E-state index >= 15 is 0 Å². The number of carbonyl (C=O) groups excluding carboxylic acids is 2. The van der Waals surface area contributed by atoms with Gasteiger partial charge in [-0.25, -0.2) is 12.8 Å². The third kappa shape index (κ3) is 7.56. The van der Waals surface area contributed by atoms with Gasteiger partial charge in [0.05, 0.1) is 10.6 Å². The molecule has 1 fully saturated rings. The molecular formula is C33H40FN3O4S. The third-order valence-corrected chi connectivity index (χ3v) is 9.60. The van der Waals surface area contributed by atoms with Crippen LogP contribution in [0.4, 0.5) is 10.1 Å². The van der Waals surface area contributed by atoms with Gasteiger partial charge >= 0.3 is 0 Å². The van der Waals surface area contributed by atoms with Crippen LogP contribution in [0.3, 0.4) is 0 Å². The zero-order chi connectivity index (χ0) is 30.3. The second-order valence-electron chi connectivity index (χ2n) is 11.1. The van der Waals surface area contributed by atoms with Gasteiger partial charge < -0.3 is 10.2 Å². The maximum absolute atomic E-state index is 14.2. The molecule has 0 spiro atoms. The Kier molecular flexibility index (Phi) is 10.4. The fourth-order valence-corrected chi connectivity index (χ4v) is 6.78. The van der Waals surface area contributed by atoms with E-state index in [0.717, 1.165) is 35.6 Å². The van der Waals surface area contributed by atoms with E-state index in [9.17, 15) is 22.4 Å². The number of benzene rings is 3. The molecule has 1 aliphatic rings. The van der Waals surface area contributed by atoms with Crippen molar-refractivity contribution in [2.24, 2.45) is 0 Å². The Labute approximate surface area is 248 Å². The third-order valence-electron chi connectivity index (χ3n) is 7.81. The van der Waals surface area contributed by atoms with Crippen molar-refractivity contribution in [2.45, 2.75) is 82.3 Å². The summed E-state index contributed by atoms with van der Waals surface area (Å²) in [5.74, 6) is -0.957. The van der Waals surface area contributed by atoms with Crippen LogP contribution in [-0.2, 0) is 26.2 Å². The fraction of sp³-hybridized carbons (Fsp3) is 0.394. The lowest BCUT2D eigenvalue weighted by Crippen LogP contribution is -2.53. The first-order chi connectivity index (χ1) is 20.1. The molecule has 3 aromatic carbocycles. The number of sulfonamides is 1. The molecule has 9 heteroatoms. The average molecular weight is 594 g/mol. The Morgan fingerprint density at radius 3 is 2.12 bits per heavy atom. The van der Waals surface area contributed by atoms with Crippen LogP contribution in [0.25, 0.3) is 0 Å². The van der Waals surface area contributed by atoms with Gasteiger partial charge in [0, 0.05) is 12.6 Å². The molecule has 4 rings (SSSR count). The molecule has 0 aliphatic heterocycles. The minimum absolute atomic E-state index is 0.0290. The van der Waals surface area contributed by atoms with Crippen molar-refractivity contribution in [1.82, 2.24) is 10.2 Å². The normalized spacial score (nSPS) is 14.5. The van der Waals surface area contributed by atoms with Gasteiger partial charge in [0.25, 0.3) is 10.0 Å². The molecular weight excluding hydrogens is 553 g/mol. The monoisotopic (exact) mass is 593 g/mol. The van der Waals surface area contributed by atoms with Gasteiger partial charge in [-0.1, -0.05) is 76.1 Å². The smallest absolute Gasteiger partial charge is 0.264 e. The first kappa shape index (κ1) is 31.2. The zero-order valence-electron chi connectivity index (χ0n) is 24.5. The largest absolute Gasteiger partial charge is 0.352 e. The lowest BCUT2D eigenvalue weighted by Gasteiger charge is -2.34.